The molecule has 0 aromatic heterocycles. The van der Waals surface area contributed by atoms with Gasteiger partial charge in [0, 0.05) is 27.7 Å². The van der Waals surface area contributed by atoms with Crippen molar-refractivity contribution >= 4 is 27.6 Å². The molecule has 1 aliphatic rings. The van der Waals surface area contributed by atoms with Crippen molar-refractivity contribution in [2.75, 3.05) is 6.54 Å². The summed E-state index contributed by atoms with van der Waals surface area (Å²) in [4.78, 5) is 24.4. The van der Waals surface area contributed by atoms with Gasteiger partial charge in [-0.2, -0.15) is 0 Å². The summed E-state index contributed by atoms with van der Waals surface area (Å²) in [7, 11) is 0. The van der Waals surface area contributed by atoms with Gasteiger partial charge in [0.2, 0.25) is 0 Å². The molecule has 0 saturated heterocycles. The summed E-state index contributed by atoms with van der Waals surface area (Å²) in [5.41, 5.74) is 3.57. The van der Waals surface area contributed by atoms with E-state index in [1.807, 2.05) is 30.3 Å². The van der Waals surface area contributed by atoms with Crippen molar-refractivity contribution in [2.24, 2.45) is 0 Å². The second-order valence-electron chi connectivity index (χ2n) is 4.84. The lowest BCUT2D eigenvalue weighted by molar-refractivity contribution is 0.0958. The number of halogens is 1. The number of hydrogen-bond acceptors (Lipinski definition) is 2. The molecular formula is C17H12BrNO2. The molecule has 21 heavy (non-hydrogen) atoms. The van der Waals surface area contributed by atoms with Crippen LogP contribution in [0.2, 0.25) is 0 Å². The summed E-state index contributed by atoms with van der Waals surface area (Å²) in [6, 6.07) is 12.7. The normalized spacial score (nSPS) is 11.8. The highest BCUT2D eigenvalue weighted by Gasteiger charge is 2.26. The van der Waals surface area contributed by atoms with Gasteiger partial charge < -0.3 is 5.32 Å². The fourth-order valence-corrected chi connectivity index (χ4v) is 2.59. The van der Waals surface area contributed by atoms with Crippen LogP contribution in [0.1, 0.15) is 26.3 Å². The van der Waals surface area contributed by atoms with Crippen molar-refractivity contribution in [3.8, 4) is 11.1 Å². The molecular weight excluding hydrogens is 330 g/mol. The van der Waals surface area contributed by atoms with Crippen LogP contribution in [-0.2, 0) is 0 Å². The lowest BCUT2D eigenvalue weighted by Gasteiger charge is -2.06. The SMILES string of the molecule is C=C(Br)CNC(=O)c1ccc2c(c1)C(=O)c1ccccc1-2. The smallest absolute Gasteiger partial charge is 0.251 e. The number of hydrogen-bond donors (Lipinski definition) is 1. The lowest BCUT2D eigenvalue weighted by Crippen LogP contribution is -2.24. The minimum Gasteiger partial charge on any atom is -0.347 e. The highest BCUT2D eigenvalue weighted by atomic mass is 79.9. The maximum Gasteiger partial charge on any atom is 0.251 e. The van der Waals surface area contributed by atoms with E-state index in [1.165, 1.54) is 0 Å². The Morgan fingerprint density at radius 3 is 2.43 bits per heavy atom. The summed E-state index contributed by atoms with van der Waals surface area (Å²) in [6.45, 7) is 4.02. The van der Waals surface area contributed by atoms with E-state index in [9.17, 15) is 9.59 Å². The first kappa shape index (κ1) is 13.8. The Bertz CT molecular complexity index is 780. The molecule has 0 saturated carbocycles. The molecule has 0 aliphatic heterocycles. The summed E-state index contributed by atoms with van der Waals surface area (Å²) >= 11 is 3.19. The zero-order valence-corrected chi connectivity index (χ0v) is 12.7. The molecule has 0 unspecified atom stereocenters. The fourth-order valence-electron chi connectivity index (χ4n) is 2.45. The molecule has 0 spiro atoms. The van der Waals surface area contributed by atoms with E-state index in [0.717, 1.165) is 11.1 Å². The molecule has 3 nitrogen and oxygen atoms in total. The number of carbonyl (C=O) groups is 2. The molecule has 0 bridgehead atoms. The van der Waals surface area contributed by atoms with E-state index in [2.05, 4.69) is 27.8 Å². The zero-order chi connectivity index (χ0) is 15.0. The molecule has 1 N–H and O–H groups in total. The minimum atomic E-state index is -0.220. The van der Waals surface area contributed by atoms with Crippen LogP contribution < -0.4 is 5.32 Å². The molecule has 1 aliphatic carbocycles. The van der Waals surface area contributed by atoms with Gasteiger partial charge in [0.1, 0.15) is 0 Å². The van der Waals surface area contributed by atoms with Crippen LogP contribution >= 0.6 is 15.9 Å². The Morgan fingerprint density at radius 1 is 1.05 bits per heavy atom. The Morgan fingerprint density at radius 2 is 1.71 bits per heavy atom. The average molecular weight is 342 g/mol. The van der Waals surface area contributed by atoms with Gasteiger partial charge >= 0.3 is 0 Å². The van der Waals surface area contributed by atoms with Gasteiger partial charge in [-0.05, 0) is 23.3 Å². The maximum absolute atomic E-state index is 12.4. The molecule has 3 rings (SSSR count). The Labute approximate surface area is 130 Å². The van der Waals surface area contributed by atoms with Crippen LogP contribution in [0.5, 0.6) is 0 Å². The third-order valence-electron chi connectivity index (χ3n) is 3.43. The van der Waals surface area contributed by atoms with Crippen LogP contribution in [0.3, 0.4) is 0 Å². The first-order chi connectivity index (χ1) is 10.1. The number of carbonyl (C=O) groups excluding carboxylic acids is 2. The quantitative estimate of drug-likeness (QED) is 0.791. The third kappa shape index (κ3) is 2.43. The van der Waals surface area contributed by atoms with Crippen LogP contribution in [0.15, 0.2) is 53.5 Å². The standard InChI is InChI=1S/C17H12BrNO2/c1-10(18)9-19-17(21)11-6-7-13-12-4-2-3-5-14(12)16(20)15(13)8-11/h2-8H,1,9H2,(H,19,21). The van der Waals surface area contributed by atoms with Crippen LogP contribution in [0.25, 0.3) is 11.1 Å². The van der Waals surface area contributed by atoms with E-state index < -0.39 is 0 Å². The van der Waals surface area contributed by atoms with Crippen molar-refractivity contribution in [1.82, 2.24) is 5.32 Å². The predicted octanol–water partition coefficient (Wildman–Crippen LogP) is 3.54. The van der Waals surface area contributed by atoms with Crippen LogP contribution in [0.4, 0.5) is 0 Å². The topological polar surface area (TPSA) is 46.2 Å². The van der Waals surface area contributed by atoms with Gasteiger partial charge in [-0.3, -0.25) is 9.59 Å². The Kier molecular flexibility index (Phi) is 3.47. The molecule has 0 fully saturated rings. The molecule has 0 heterocycles. The van der Waals surface area contributed by atoms with Crippen LogP contribution in [0, 0.1) is 0 Å². The van der Waals surface area contributed by atoms with Crippen molar-refractivity contribution in [3.63, 3.8) is 0 Å². The van der Waals surface area contributed by atoms with Crippen LogP contribution in [-0.4, -0.2) is 18.2 Å². The van der Waals surface area contributed by atoms with Crippen molar-refractivity contribution in [2.45, 2.75) is 0 Å². The molecule has 0 atom stereocenters. The van der Waals surface area contributed by atoms with Gasteiger partial charge in [0.25, 0.3) is 5.91 Å². The number of fused-ring (bicyclic) bond motifs is 3. The van der Waals surface area contributed by atoms with Gasteiger partial charge in [0.15, 0.2) is 5.78 Å². The number of benzene rings is 2. The molecule has 1 amide bonds. The fraction of sp³-hybridized carbons (Fsp3) is 0.0588. The van der Waals surface area contributed by atoms with E-state index in [-0.39, 0.29) is 11.7 Å². The number of amides is 1. The predicted molar refractivity (Wildman–Crippen MR) is 85.7 cm³/mol. The van der Waals surface area contributed by atoms with E-state index in [1.54, 1.807) is 12.1 Å². The first-order valence-corrected chi connectivity index (χ1v) is 7.27. The average Bonchev–Trinajstić information content (AvgIpc) is 2.78. The van der Waals surface area contributed by atoms with E-state index in [4.69, 9.17) is 0 Å². The Hall–Kier alpha value is -2.20. The largest absolute Gasteiger partial charge is 0.347 e. The number of rotatable bonds is 3. The van der Waals surface area contributed by atoms with Gasteiger partial charge in [-0.15, -0.1) is 0 Å². The molecule has 2 aromatic rings. The van der Waals surface area contributed by atoms with Gasteiger partial charge in [0.05, 0.1) is 0 Å². The maximum atomic E-state index is 12.4. The summed E-state index contributed by atoms with van der Waals surface area (Å²) in [5.74, 6) is -0.248. The second kappa shape index (κ2) is 5.30. The third-order valence-corrected chi connectivity index (χ3v) is 3.71. The monoisotopic (exact) mass is 341 g/mol. The summed E-state index contributed by atoms with van der Waals surface area (Å²) in [5, 5.41) is 2.73. The molecule has 104 valence electrons. The summed E-state index contributed by atoms with van der Waals surface area (Å²) < 4.78 is 0.695. The molecule has 4 heteroatoms. The van der Waals surface area contributed by atoms with E-state index in [0.29, 0.717) is 27.7 Å². The zero-order valence-electron chi connectivity index (χ0n) is 11.2. The van der Waals surface area contributed by atoms with Gasteiger partial charge in [-0.25, -0.2) is 0 Å². The van der Waals surface area contributed by atoms with Crippen molar-refractivity contribution < 1.29 is 9.59 Å². The highest BCUT2D eigenvalue weighted by molar-refractivity contribution is 9.11. The second-order valence-corrected chi connectivity index (χ2v) is 5.96. The van der Waals surface area contributed by atoms with Crippen molar-refractivity contribution in [3.05, 3.63) is 70.2 Å². The lowest BCUT2D eigenvalue weighted by atomic mass is 10.0. The highest BCUT2D eigenvalue weighted by Crippen LogP contribution is 2.36. The molecule has 2 aromatic carbocycles. The van der Waals surface area contributed by atoms with E-state index >= 15 is 0 Å². The summed E-state index contributed by atoms with van der Waals surface area (Å²) in [6.07, 6.45) is 0. The Balaban J connectivity index is 1.96. The number of ketones is 1. The molecule has 0 radical (unpaired) electrons. The van der Waals surface area contributed by atoms with Crippen molar-refractivity contribution in [1.29, 1.82) is 0 Å². The van der Waals surface area contributed by atoms with Gasteiger partial charge in [-0.1, -0.05) is 52.8 Å². The minimum absolute atomic E-state index is 0.0276. The first-order valence-electron chi connectivity index (χ1n) is 6.47. The number of nitrogens with one attached hydrogen (secondary N) is 1.